The molecule has 1 aliphatic heterocycles. The van der Waals surface area contributed by atoms with Gasteiger partial charge in [-0.1, -0.05) is 27.5 Å². The molecule has 2 aromatic rings. The molecule has 0 spiro atoms. The van der Waals surface area contributed by atoms with Gasteiger partial charge in [-0.2, -0.15) is 0 Å². The number of carbonyl (C=O) groups is 2. The van der Waals surface area contributed by atoms with Crippen LogP contribution >= 0.6 is 27.5 Å². The highest BCUT2D eigenvalue weighted by atomic mass is 79.9. The molecule has 2 aromatic carbocycles. The molecule has 0 aliphatic carbocycles. The predicted octanol–water partition coefficient (Wildman–Crippen LogP) is 3.64. The molecular weight excluding hydrogens is 380 g/mol. The average molecular weight is 394 g/mol. The second kappa shape index (κ2) is 6.72. The molecule has 0 radical (unpaired) electrons. The smallest absolute Gasteiger partial charge is 0.251 e. The van der Waals surface area contributed by atoms with Gasteiger partial charge in [0.1, 0.15) is 0 Å². The molecule has 2 amide bonds. The van der Waals surface area contributed by atoms with E-state index in [4.69, 9.17) is 11.6 Å². The molecule has 0 bridgehead atoms. The summed E-state index contributed by atoms with van der Waals surface area (Å²) in [5, 5.41) is 3.54. The van der Waals surface area contributed by atoms with Crippen LogP contribution < -0.4 is 10.2 Å². The first-order valence-corrected chi connectivity index (χ1v) is 8.32. The zero-order valence-corrected chi connectivity index (χ0v) is 14.5. The summed E-state index contributed by atoms with van der Waals surface area (Å²) in [7, 11) is 0. The number of amides is 2. The fourth-order valence-corrected chi connectivity index (χ4v) is 2.94. The van der Waals surface area contributed by atoms with Gasteiger partial charge in [-0.15, -0.1) is 0 Å². The normalized spacial score (nSPS) is 17.4. The lowest BCUT2D eigenvalue weighted by Crippen LogP contribution is -2.37. The summed E-state index contributed by atoms with van der Waals surface area (Å²) in [6.07, 6.45) is 0.297. The Morgan fingerprint density at radius 3 is 2.43 bits per heavy atom. The van der Waals surface area contributed by atoms with Crippen molar-refractivity contribution < 1.29 is 9.59 Å². The Bertz CT molecular complexity index is 731. The third kappa shape index (κ3) is 3.74. The molecule has 1 atom stereocenters. The molecule has 23 heavy (non-hydrogen) atoms. The SMILES string of the molecule is O=C(NC1CC(=O)N(c2ccc(Cl)cc2)C1)c1ccc(Br)cc1. The van der Waals surface area contributed by atoms with Crippen LogP contribution in [0.4, 0.5) is 5.69 Å². The van der Waals surface area contributed by atoms with Crippen molar-refractivity contribution in [2.24, 2.45) is 0 Å². The summed E-state index contributed by atoms with van der Waals surface area (Å²) in [5.41, 5.74) is 1.37. The molecule has 4 nitrogen and oxygen atoms in total. The van der Waals surface area contributed by atoms with Crippen LogP contribution in [0.3, 0.4) is 0 Å². The van der Waals surface area contributed by atoms with Crippen molar-refractivity contribution in [1.29, 1.82) is 0 Å². The summed E-state index contributed by atoms with van der Waals surface area (Å²) >= 11 is 9.20. The maximum Gasteiger partial charge on any atom is 0.251 e. The van der Waals surface area contributed by atoms with Gasteiger partial charge in [0.2, 0.25) is 5.91 Å². The minimum absolute atomic E-state index is 0.00608. The van der Waals surface area contributed by atoms with Crippen molar-refractivity contribution in [2.45, 2.75) is 12.5 Å². The molecule has 3 rings (SSSR count). The van der Waals surface area contributed by atoms with Crippen LogP contribution in [0, 0.1) is 0 Å². The van der Waals surface area contributed by atoms with E-state index < -0.39 is 0 Å². The summed E-state index contributed by atoms with van der Waals surface area (Å²) in [4.78, 5) is 26.1. The zero-order valence-electron chi connectivity index (χ0n) is 12.1. The number of nitrogens with one attached hydrogen (secondary N) is 1. The average Bonchev–Trinajstić information content (AvgIpc) is 2.89. The molecule has 1 N–H and O–H groups in total. The summed E-state index contributed by atoms with van der Waals surface area (Å²) < 4.78 is 0.916. The lowest BCUT2D eigenvalue weighted by atomic mass is 10.2. The van der Waals surface area contributed by atoms with Crippen molar-refractivity contribution in [3.05, 3.63) is 63.6 Å². The number of hydrogen-bond donors (Lipinski definition) is 1. The fraction of sp³-hybridized carbons (Fsp3) is 0.176. The third-order valence-corrected chi connectivity index (χ3v) is 4.49. The highest BCUT2D eigenvalue weighted by Crippen LogP contribution is 2.23. The van der Waals surface area contributed by atoms with Crippen molar-refractivity contribution in [1.82, 2.24) is 5.32 Å². The number of hydrogen-bond acceptors (Lipinski definition) is 2. The van der Waals surface area contributed by atoms with E-state index in [1.807, 2.05) is 12.1 Å². The van der Waals surface area contributed by atoms with Gasteiger partial charge in [-0.05, 0) is 48.5 Å². The lowest BCUT2D eigenvalue weighted by molar-refractivity contribution is -0.117. The van der Waals surface area contributed by atoms with Crippen LogP contribution in [-0.4, -0.2) is 24.4 Å². The van der Waals surface area contributed by atoms with Gasteiger partial charge >= 0.3 is 0 Å². The molecule has 1 aliphatic rings. The molecule has 1 heterocycles. The topological polar surface area (TPSA) is 49.4 Å². The van der Waals surface area contributed by atoms with Crippen molar-refractivity contribution in [3.63, 3.8) is 0 Å². The number of rotatable bonds is 3. The molecule has 1 unspecified atom stereocenters. The van der Waals surface area contributed by atoms with Gasteiger partial charge in [-0.3, -0.25) is 9.59 Å². The van der Waals surface area contributed by atoms with E-state index in [2.05, 4.69) is 21.2 Å². The number of halogens is 2. The zero-order chi connectivity index (χ0) is 16.4. The Morgan fingerprint density at radius 1 is 1.13 bits per heavy atom. The fourth-order valence-electron chi connectivity index (χ4n) is 2.54. The van der Waals surface area contributed by atoms with E-state index in [0.29, 0.717) is 23.6 Å². The molecular formula is C17H14BrClN2O2. The first-order chi connectivity index (χ1) is 11.0. The molecule has 1 saturated heterocycles. The number of anilines is 1. The second-order valence-electron chi connectivity index (χ2n) is 5.36. The highest BCUT2D eigenvalue weighted by molar-refractivity contribution is 9.10. The number of nitrogens with zero attached hydrogens (tertiary/aromatic N) is 1. The molecule has 1 fully saturated rings. The Kier molecular flexibility index (Phi) is 4.68. The molecule has 6 heteroatoms. The van der Waals surface area contributed by atoms with Crippen LogP contribution in [0.5, 0.6) is 0 Å². The van der Waals surface area contributed by atoms with Crippen molar-refractivity contribution >= 4 is 45.0 Å². The minimum Gasteiger partial charge on any atom is -0.347 e. The maximum absolute atomic E-state index is 12.2. The van der Waals surface area contributed by atoms with E-state index in [0.717, 1.165) is 10.2 Å². The van der Waals surface area contributed by atoms with Crippen molar-refractivity contribution in [2.75, 3.05) is 11.4 Å². The van der Waals surface area contributed by atoms with Gasteiger partial charge in [0.25, 0.3) is 5.91 Å². The Labute approximate surface area is 147 Å². The number of benzene rings is 2. The van der Waals surface area contributed by atoms with Crippen molar-refractivity contribution in [3.8, 4) is 0 Å². The van der Waals surface area contributed by atoms with E-state index in [-0.39, 0.29) is 17.9 Å². The number of carbonyl (C=O) groups excluding carboxylic acids is 2. The second-order valence-corrected chi connectivity index (χ2v) is 6.71. The molecule has 0 saturated carbocycles. The quantitative estimate of drug-likeness (QED) is 0.865. The van der Waals surface area contributed by atoms with E-state index >= 15 is 0 Å². The Morgan fingerprint density at radius 2 is 1.78 bits per heavy atom. The Hall–Kier alpha value is -1.85. The van der Waals surface area contributed by atoms with Crippen LogP contribution in [-0.2, 0) is 4.79 Å². The lowest BCUT2D eigenvalue weighted by Gasteiger charge is -2.17. The Balaban J connectivity index is 1.66. The van der Waals surface area contributed by atoms with Gasteiger partial charge in [0, 0.05) is 33.7 Å². The van der Waals surface area contributed by atoms with Gasteiger partial charge < -0.3 is 10.2 Å². The molecule has 118 valence electrons. The monoisotopic (exact) mass is 392 g/mol. The van der Waals surface area contributed by atoms with Crippen LogP contribution in [0.2, 0.25) is 5.02 Å². The first kappa shape index (κ1) is 16.0. The molecule has 0 aromatic heterocycles. The maximum atomic E-state index is 12.2. The van der Waals surface area contributed by atoms with Crippen LogP contribution in [0.15, 0.2) is 53.0 Å². The summed E-state index contributed by atoms with van der Waals surface area (Å²) in [6, 6.07) is 14.0. The highest BCUT2D eigenvalue weighted by Gasteiger charge is 2.31. The van der Waals surface area contributed by atoms with E-state index in [1.54, 1.807) is 41.3 Å². The summed E-state index contributed by atoms with van der Waals surface area (Å²) in [6.45, 7) is 0.461. The van der Waals surface area contributed by atoms with Gasteiger partial charge in [0.05, 0.1) is 6.04 Å². The standard InChI is InChI=1S/C17H14BrClN2O2/c18-12-3-1-11(2-4-12)17(23)20-14-9-16(22)21(10-14)15-7-5-13(19)6-8-15/h1-8,14H,9-10H2,(H,20,23). The minimum atomic E-state index is -0.200. The van der Waals surface area contributed by atoms with Crippen LogP contribution in [0.25, 0.3) is 0 Å². The largest absolute Gasteiger partial charge is 0.347 e. The van der Waals surface area contributed by atoms with E-state index in [1.165, 1.54) is 0 Å². The van der Waals surface area contributed by atoms with Gasteiger partial charge in [-0.25, -0.2) is 0 Å². The van der Waals surface area contributed by atoms with Gasteiger partial charge in [0.15, 0.2) is 0 Å². The third-order valence-electron chi connectivity index (χ3n) is 3.70. The first-order valence-electron chi connectivity index (χ1n) is 7.15. The van der Waals surface area contributed by atoms with E-state index in [9.17, 15) is 9.59 Å². The summed E-state index contributed by atoms with van der Waals surface area (Å²) in [5.74, 6) is -0.179. The van der Waals surface area contributed by atoms with Crippen LogP contribution in [0.1, 0.15) is 16.8 Å². The predicted molar refractivity (Wildman–Crippen MR) is 93.8 cm³/mol.